The predicted octanol–water partition coefficient (Wildman–Crippen LogP) is 5.63. The second-order valence-corrected chi connectivity index (χ2v) is 9.84. The van der Waals surface area contributed by atoms with E-state index in [1.54, 1.807) is 11.0 Å². The van der Waals surface area contributed by atoms with Gasteiger partial charge in [0.1, 0.15) is 6.04 Å². The molecule has 0 spiro atoms. The number of carbonyl (C=O) groups excluding carboxylic acids is 2. The van der Waals surface area contributed by atoms with Crippen molar-refractivity contribution in [2.24, 2.45) is 5.92 Å². The molecule has 2 amide bonds. The monoisotopic (exact) mass is 479 g/mol. The van der Waals surface area contributed by atoms with Gasteiger partial charge in [0.05, 0.1) is 11.5 Å². The average molecular weight is 480 g/mol. The fourth-order valence-electron chi connectivity index (χ4n) is 4.87. The van der Waals surface area contributed by atoms with Crippen molar-refractivity contribution >= 4 is 23.4 Å². The number of benzene rings is 2. The Kier molecular flexibility index (Phi) is 9.12. The van der Waals surface area contributed by atoms with Crippen LogP contribution in [0, 0.1) is 17.2 Å². The average Bonchev–Trinajstić information content (AvgIpc) is 3.33. The molecule has 2 aromatic rings. The number of carbonyl (C=O) groups is 2. The van der Waals surface area contributed by atoms with Crippen LogP contribution in [0.15, 0.2) is 54.6 Å². The summed E-state index contributed by atoms with van der Waals surface area (Å²) in [7, 11) is 0. The number of rotatable bonds is 10. The second kappa shape index (κ2) is 12.0. The summed E-state index contributed by atoms with van der Waals surface area (Å²) < 4.78 is 0. The third kappa shape index (κ3) is 6.18. The van der Waals surface area contributed by atoms with Gasteiger partial charge < -0.3 is 10.2 Å². The lowest BCUT2D eigenvalue weighted by molar-refractivity contribution is -0.138. The Hall–Kier alpha value is -2.84. The summed E-state index contributed by atoms with van der Waals surface area (Å²) in [4.78, 5) is 27.4. The lowest BCUT2D eigenvalue weighted by Gasteiger charge is -2.31. The molecule has 180 valence electrons. The first-order valence-electron chi connectivity index (χ1n) is 12.2. The lowest BCUT2D eigenvalue weighted by atomic mass is 9.69. The van der Waals surface area contributed by atoms with Crippen LogP contribution in [0.2, 0.25) is 5.02 Å². The van der Waals surface area contributed by atoms with Gasteiger partial charge in [-0.15, -0.1) is 0 Å². The molecule has 2 aromatic carbocycles. The van der Waals surface area contributed by atoms with Crippen molar-refractivity contribution in [2.75, 3.05) is 6.54 Å². The van der Waals surface area contributed by atoms with Crippen LogP contribution in [0.4, 0.5) is 0 Å². The first-order chi connectivity index (χ1) is 16.4. The number of hydrogen-bond acceptors (Lipinski definition) is 3. The van der Waals surface area contributed by atoms with Gasteiger partial charge in [-0.1, -0.05) is 74.3 Å². The molecule has 0 saturated carbocycles. The third-order valence-electron chi connectivity index (χ3n) is 6.92. The fourth-order valence-corrected chi connectivity index (χ4v) is 5.08. The summed E-state index contributed by atoms with van der Waals surface area (Å²) in [6, 6.07) is 19.5. The number of nitrogens with zero attached hydrogens (tertiary/aromatic N) is 2. The van der Waals surface area contributed by atoms with Gasteiger partial charge in [0.15, 0.2) is 0 Å². The summed E-state index contributed by atoms with van der Waals surface area (Å²) in [6.45, 7) is 5.17. The maximum Gasteiger partial charge on any atom is 0.243 e. The normalized spacial score (nSPS) is 17.3. The quantitative estimate of drug-likeness (QED) is 0.449. The highest BCUT2D eigenvalue weighted by Crippen LogP contribution is 2.37. The largest absolute Gasteiger partial charge is 0.350 e. The first kappa shape index (κ1) is 25.8. The van der Waals surface area contributed by atoms with E-state index in [0.29, 0.717) is 43.8 Å². The maximum atomic E-state index is 12.9. The Morgan fingerprint density at radius 3 is 2.62 bits per heavy atom. The van der Waals surface area contributed by atoms with Crippen molar-refractivity contribution in [3.05, 3.63) is 70.7 Å². The summed E-state index contributed by atoms with van der Waals surface area (Å²) >= 11 is 6.02. The summed E-state index contributed by atoms with van der Waals surface area (Å²) in [5, 5.41) is 13.6. The van der Waals surface area contributed by atoms with Gasteiger partial charge in [0.2, 0.25) is 11.8 Å². The molecule has 1 heterocycles. The topological polar surface area (TPSA) is 73.2 Å². The molecule has 0 aliphatic carbocycles. The zero-order chi connectivity index (χ0) is 24.6. The Morgan fingerprint density at radius 1 is 1.18 bits per heavy atom. The molecule has 6 heteroatoms. The van der Waals surface area contributed by atoms with E-state index in [0.717, 1.165) is 24.0 Å². The van der Waals surface area contributed by atoms with Gasteiger partial charge >= 0.3 is 0 Å². The standard InChI is InChI=1S/C28H34ClN3O2/c1-21(2)28(20-30,23-11-4-3-5-12-23)16-7-6-15-26(33)32-17-9-14-25(32)27(34)31-19-22-10-8-13-24(29)18-22/h3-5,8,10-13,18,21,25H,6-7,9,14-17,19H2,1-2H3,(H,31,34)/t25-,28?/m1/s1. The molecule has 1 N–H and O–H groups in total. The first-order valence-corrected chi connectivity index (χ1v) is 12.5. The number of amides is 2. The van der Waals surface area contributed by atoms with Crippen molar-refractivity contribution in [3.8, 4) is 6.07 Å². The number of likely N-dealkylation sites (tertiary alicyclic amines) is 1. The third-order valence-corrected chi connectivity index (χ3v) is 7.15. The molecule has 0 bridgehead atoms. The van der Waals surface area contributed by atoms with Crippen molar-refractivity contribution < 1.29 is 9.59 Å². The molecule has 1 aliphatic heterocycles. The Labute approximate surface area is 208 Å². The van der Waals surface area contributed by atoms with Crippen LogP contribution in [0.25, 0.3) is 0 Å². The molecule has 0 aromatic heterocycles. The van der Waals surface area contributed by atoms with Crippen molar-refractivity contribution in [2.45, 2.75) is 70.4 Å². The SMILES string of the molecule is CC(C)C(C#N)(CCCCC(=O)N1CCC[C@@H]1C(=O)NCc1cccc(Cl)c1)c1ccccc1. The zero-order valence-electron chi connectivity index (χ0n) is 20.1. The smallest absolute Gasteiger partial charge is 0.243 e. The van der Waals surface area contributed by atoms with Crippen LogP contribution in [-0.4, -0.2) is 29.3 Å². The van der Waals surface area contributed by atoms with Gasteiger partial charge in [-0.2, -0.15) is 5.26 Å². The number of nitriles is 1. The van der Waals surface area contributed by atoms with E-state index in [2.05, 4.69) is 25.2 Å². The van der Waals surface area contributed by atoms with E-state index in [9.17, 15) is 14.9 Å². The molecule has 1 fully saturated rings. The van der Waals surface area contributed by atoms with Crippen LogP contribution in [0.5, 0.6) is 0 Å². The molecule has 1 saturated heterocycles. The van der Waals surface area contributed by atoms with Gasteiger partial charge in [-0.3, -0.25) is 9.59 Å². The zero-order valence-corrected chi connectivity index (χ0v) is 20.9. The minimum Gasteiger partial charge on any atom is -0.350 e. The van der Waals surface area contributed by atoms with E-state index in [4.69, 9.17) is 11.6 Å². The van der Waals surface area contributed by atoms with E-state index in [-0.39, 0.29) is 17.7 Å². The van der Waals surface area contributed by atoms with Crippen molar-refractivity contribution in [1.82, 2.24) is 10.2 Å². The number of nitrogens with one attached hydrogen (secondary N) is 1. The number of hydrogen-bond donors (Lipinski definition) is 1. The van der Waals surface area contributed by atoms with Gasteiger partial charge in [0.25, 0.3) is 0 Å². The number of unbranched alkanes of at least 4 members (excludes halogenated alkanes) is 1. The summed E-state index contributed by atoms with van der Waals surface area (Å²) in [5.41, 5.74) is 1.41. The second-order valence-electron chi connectivity index (χ2n) is 9.40. The van der Waals surface area contributed by atoms with Gasteiger partial charge in [-0.25, -0.2) is 0 Å². The van der Waals surface area contributed by atoms with E-state index >= 15 is 0 Å². The fraction of sp³-hybridized carbons (Fsp3) is 0.464. The Bertz CT molecular complexity index is 1020. The van der Waals surface area contributed by atoms with Crippen molar-refractivity contribution in [3.63, 3.8) is 0 Å². The molecular weight excluding hydrogens is 446 g/mol. The molecule has 34 heavy (non-hydrogen) atoms. The van der Waals surface area contributed by atoms with E-state index < -0.39 is 11.5 Å². The minimum absolute atomic E-state index is 0.0206. The molecule has 3 rings (SSSR count). The van der Waals surface area contributed by atoms with Crippen LogP contribution in [0.3, 0.4) is 0 Å². The van der Waals surface area contributed by atoms with Crippen LogP contribution in [0.1, 0.15) is 63.5 Å². The Morgan fingerprint density at radius 2 is 1.94 bits per heavy atom. The van der Waals surface area contributed by atoms with Gasteiger partial charge in [0, 0.05) is 24.5 Å². The molecule has 1 unspecified atom stereocenters. The van der Waals surface area contributed by atoms with Crippen LogP contribution < -0.4 is 5.32 Å². The van der Waals surface area contributed by atoms with E-state index in [1.165, 1.54) is 0 Å². The highest BCUT2D eigenvalue weighted by molar-refractivity contribution is 6.30. The number of halogens is 1. The van der Waals surface area contributed by atoms with Crippen molar-refractivity contribution in [1.29, 1.82) is 5.26 Å². The molecule has 5 nitrogen and oxygen atoms in total. The maximum absolute atomic E-state index is 12.9. The molecule has 0 radical (unpaired) electrons. The lowest BCUT2D eigenvalue weighted by Crippen LogP contribution is -2.45. The predicted molar refractivity (Wildman–Crippen MR) is 135 cm³/mol. The highest BCUT2D eigenvalue weighted by Gasteiger charge is 2.36. The van der Waals surface area contributed by atoms with Crippen LogP contribution >= 0.6 is 11.6 Å². The van der Waals surface area contributed by atoms with Crippen LogP contribution in [-0.2, 0) is 21.5 Å². The van der Waals surface area contributed by atoms with Gasteiger partial charge in [-0.05, 0) is 54.9 Å². The molecule has 1 aliphatic rings. The summed E-state index contributed by atoms with van der Waals surface area (Å²) in [6.07, 6.45) is 4.11. The summed E-state index contributed by atoms with van der Waals surface area (Å²) in [5.74, 6) is 0.0761. The molecule has 2 atom stereocenters. The Balaban J connectivity index is 1.51. The highest BCUT2D eigenvalue weighted by atomic mass is 35.5. The van der Waals surface area contributed by atoms with E-state index in [1.807, 2.05) is 48.5 Å². The minimum atomic E-state index is -0.555. The molecular formula is C28H34ClN3O2.